The first-order chi connectivity index (χ1) is 8.87. The first kappa shape index (κ1) is 19.0. The zero-order valence-electron chi connectivity index (χ0n) is 14.5. The first-order valence-corrected chi connectivity index (χ1v) is 8.62. The van der Waals surface area contributed by atoms with Crippen molar-refractivity contribution in [3.05, 3.63) is 0 Å². The second kappa shape index (κ2) is 10.7. The molecule has 0 bridgehead atoms. The Balaban J connectivity index is 3.49. The van der Waals surface area contributed by atoms with Gasteiger partial charge in [0.05, 0.1) is 0 Å². The summed E-state index contributed by atoms with van der Waals surface area (Å²) >= 11 is 0. The van der Waals surface area contributed by atoms with E-state index >= 15 is 0 Å². The van der Waals surface area contributed by atoms with E-state index in [1.54, 1.807) is 0 Å². The number of nitrogens with one attached hydrogen (secondary N) is 1. The summed E-state index contributed by atoms with van der Waals surface area (Å²) < 4.78 is 0. The Bertz CT molecular complexity index is 192. The number of hydrogen-bond donors (Lipinski definition) is 1. The molecule has 0 aliphatic rings. The smallest absolute Gasteiger partial charge is 0.00966 e. The number of rotatable bonds is 11. The molecule has 1 N–H and O–H groups in total. The monoisotopic (exact) mass is 269 g/mol. The van der Waals surface area contributed by atoms with Gasteiger partial charge in [-0.05, 0) is 39.2 Å². The molecule has 0 rings (SSSR count). The van der Waals surface area contributed by atoms with E-state index in [0.717, 1.165) is 18.4 Å². The molecule has 0 aliphatic heterocycles. The van der Waals surface area contributed by atoms with Crippen LogP contribution in [-0.4, -0.2) is 12.1 Å². The Morgan fingerprint density at radius 3 is 1.84 bits per heavy atom. The molecule has 0 spiro atoms. The minimum Gasteiger partial charge on any atom is -0.312 e. The van der Waals surface area contributed by atoms with Crippen LogP contribution in [0.3, 0.4) is 0 Å². The minimum atomic E-state index is 0.257. The normalized spacial score (nSPS) is 15.5. The fourth-order valence-corrected chi connectivity index (χ4v) is 2.38. The van der Waals surface area contributed by atoms with Gasteiger partial charge < -0.3 is 5.32 Å². The maximum Gasteiger partial charge on any atom is 0.00966 e. The van der Waals surface area contributed by atoms with Crippen LogP contribution in [-0.2, 0) is 0 Å². The maximum atomic E-state index is 3.63. The Hall–Kier alpha value is -0.0400. The summed E-state index contributed by atoms with van der Waals surface area (Å²) in [4.78, 5) is 0. The van der Waals surface area contributed by atoms with E-state index in [2.05, 4.69) is 46.9 Å². The second-order valence-electron chi connectivity index (χ2n) is 7.50. The molecule has 0 aromatic heterocycles. The highest BCUT2D eigenvalue weighted by Crippen LogP contribution is 2.19. The fraction of sp³-hybridized carbons (Fsp3) is 1.00. The van der Waals surface area contributed by atoms with Gasteiger partial charge in [0.15, 0.2) is 0 Å². The van der Waals surface area contributed by atoms with Crippen molar-refractivity contribution < 1.29 is 0 Å². The number of unbranched alkanes of at least 4 members (excludes halogenated alkanes) is 6. The average Bonchev–Trinajstić information content (AvgIpc) is 2.33. The quantitative estimate of drug-likeness (QED) is 0.468. The van der Waals surface area contributed by atoms with Crippen LogP contribution in [0.4, 0.5) is 0 Å². The van der Waals surface area contributed by atoms with E-state index in [0.29, 0.717) is 0 Å². The lowest BCUT2D eigenvalue weighted by atomic mass is 9.90. The highest BCUT2D eigenvalue weighted by Gasteiger charge is 2.15. The van der Waals surface area contributed by atoms with Crippen LogP contribution in [0, 0.1) is 11.8 Å². The lowest BCUT2D eigenvalue weighted by Gasteiger charge is -2.26. The topological polar surface area (TPSA) is 12.0 Å². The van der Waals surface area contributed by atoms with Crippen LogP contribution in [0.1, 0.15) is 92.9 Å². The molecule has 2 unspecified atom stereocenters. The van der Waals surface area contributed by atoms with Crippen molar-refractivity contribution in [1.82, 2.24) is 5.32 Å². The highest BCUT2D eigenvalue weighted by molar-refractivity contribution is 4.73. The van der Waals surface area contributed by atoms with Gasteiger partial charge in [0.2, 0.25) is 0 Å². The Labute approximate surface area is 122 Å². The van der Waals surface area contributed by atoms with E-state index in [4.69, 9.17) is 0 Å². The summed E-state index contributed by atoms with van der Waals surface area (Å²) in [5.41, 5.74) is 0.257. The molecule has 19 heavy (non-hydrogen) atoms. The molecule has 116 valence electrons. The van der Waals surface area contributed by atoms with Crippen molar-refractivity contribution in [2.75, 3.05) is 6.54 Å². The van der Waals surface area contributed by atoms with Crippen molar-refractivity contribution in [2.24, 2.45) is 11.8 Å². The maximum absolute atomic E-state index is 3.63. The van der Waals surface area contributed by atoms with Crippen molar-refractivity contribution in [1.29, 1.82) is 0 Å². The van der Waals surface area contributed by atoms with Gasteiger partial charge in [0.25, 0.3) is 0 Å². The molecule has 1 heteroatoms. The van der Waals surface area contributed by atoms with Gasteiger partial charge >= 0.3 is 0 Å². The zero-order valence-corrected chi connectivity index (χ0v) is 14.5. The molecule has 1 nitrogen and oxygen atoms in total. The summed E-state index contributed by atoms with van der Waals surface area (Å²) in [7, 11) is 0. The van der Waals surface area contributed by atoms with Gasteiger partial charge in [-0.25, -0.2) is 0 Å². The van der Waals surface area contributed by atoms with Gasteiger partial charge in [-0.2, -0.15) is 0 Å². The molecule has 0 saturated heterocycles. The van der Waals surface area contributed by atoms with Crippen LogP contribution in [0.5, 0.6) is 0 Å². The van der Waals surface area contributed by atoms with E-state index in [1.165, 1.54) is 51.4 Å². The molecule has 0 saturated carbocycles. The van der Waals surface area contributed by atoms with Gasteiger partial charge in [0.1, 0.15) is 0 Å². The van der Waals surface area contributed by atoms with Crippen molar-refractivity contribution in [2.45, 2.75) is 98.4 Å². The fourth-order valence-electron chi connectivity index (χ4n) is 2.38. The summed E-state index contributed by atoms with van der Waals surface area (Å²) in [5.74, 6) is 1.64. The van der Waals surface area contributed by atoms with E-state index in [1.807, 2.05) is 0 Å². The van der Waals surface area contributed by atoms with Crippen LogP contribution < -0.4 is 5.32 Å². The van der Waals surface area contributed by atoms with E-state index in [-0.39, 0.29) is 5.54 Å². The number of hydrogen-bond acceptors (Lipinski definition) is 1. The highest BCUT2D eigenvalue weighted by atomic mass is 14.9. The van der Waals surface area contributed by atoms with Crippen LogP contribution in [0.2, 0.25) is 0 Å². The predicted molar refractivity (Wildman–Crippen MR) is 88.7 cm³/mol. The van der Waals surface area contributed by atoms with Crippen LogP contribution >= 0.6 is 0 Å². The van der Waals surface area contributed by atoms with Gasteiger partial charge in [0, 0.05) is 5.54 Å². The SMILES string of the molecule is CCCCCCCCCC(C)C(C)CNC(C)(C)C. The van der Waals surface area contributed by atoms with Crippen molar-refractivity contribution >= 4 is 0 Å². The molecule has 0 heterocycles. The van der Waals surface area contributed by atoms with Gasteiger partial charge in [-0.3, -0.25) is 0 Å². The average molecular weight is 270 g/mol. The Kier molecular flexibility index (Phi) is 10.7. The summed E-state index contributed by atoms with van der Waals surface area (Å²) in [6.45, 7) is 15.0. The molecule has 0 fully saturated rings. The van der Waals surface area contributed by atoms with Crippen molar-refractivity contribution in [3.8, 4) is 0 Å². The summed E-state index contributed by atoms with van der Waals surface area (Å²) in [6.07, 6.45) is 11.4. The first-order valence-electron chi connectivity index (χ1n) is 8.62. The minimum absolute atomic E-state index is 0.257. The molecular weight excluding hydrogens is 230 g/mol. The Morgan fingerprint density at radius 2 is 1.32 bits per heavy atom. The molecular formula is C18H39N. The van der Waals surface area contributed by atoms with E-state index < -0.39 is 0 Å². The second-order valence-corrected chi connectivity index (χ2v) is 7.50. The van der Waals surface area contributed by atoms with Gasteiger partial charge in [-0.1, -0.05) is 72.1 Å². The Morgan fingerprint density at radius 1 is 0.789 bits per heavy atom. The lowest BCUT2D eigenvalue weighted by Crippen LogP contribution is -2.39. The molecule has 0 aromatic carbocycles. The molecule has 0 aromatic rings. The third-order valence-corrected chi connectivity index (χ3v) is 4.19. The van der Waals surface area contributed by atoms with Gasteiger partial charge in [-0.15, -0.1) is 0 Å². The third-order valence-electron chi connectivity index (χ3n) is 4.19. The third kappa shape index (κ3) is 12.7. The zero-order chi connectivity index (χ0) is 14.7. The molecule has 0 aliphatic carbocycles. The van der Waals surface area contributed by atoms with Crippen LogP contribution in [0.15, 0.2) is 0 Å². The lowest BCUT2D eigenvalue weighted by molar-refractivity contribution is 0.300. The predicted octanol–water partition coefficient (Wildman–Crippen LogP) is 5.79. The largest absolute Gasteiger partial charge is 0.312 e. The molecule has 0 amide bonds. The summed E-state index contributed by atoms with van der Waals surface area (Å²) in [5, 5.41) is 3.63. The van der Waals surface area contributed by atoms with Crippen LogP contribution in [0.25, 0.3) is 0 Å². The van der Waals surface area contributed by atoms with E-state index in [9.17, 15) is 0 Å². The van der Waals surface area contributed by atoms with Crippen molar-refractivity contribution in [3.63, 3.8) is 0 Å². The molecule has 0 radical (unpaired) electrons. The standard InChI is InChI=1S/C18H39N/c1-7-8-9-10-11-12-13-14-16(2)17(3)15-19-18(4,5)6/h16-17,19H,7-15H2,1-6H3. The summed E-state index contributed by atoms with van der Waals surface area (Å²) in [6, 6.07) is 0. The molecule has 2 atom stereocenters.